The Morgan fingerprint density at radius 2 is 0.500 bits per heavy atom. The van der Waals surface area contributed by atoms with Crippen molar-refractivity contribution in [2.45, 2.75) is 0 Å². The van der Waals surface area contributed by atoms with Crippen LogP contribution in [0.5, 0.6) is 0 Å². The molecule has 8 aromatic heterocycles. The number of benzene rings is 16. The van der Waals surface area contributed by atoms with Gasteiger partial charge in [0.05, 0.1) is 44.5 Å². The lowest BCUT2D eigenvalue weighted by Gasteiger charge is -2.11. The summed E-state index contributed by atoms with van der Waals surface area (Å²) in [6.45, 7) is 0. The van der Waals surface area contributed by atoms with E-state index < -0.39 is 0 Å². The molecule has 0 saturated carbocycles. The summed E-state index contributed by atoms with van der Waals surface area (Å²) in [6, 6.07) is 152. The van der Waals surface area contributed by atoms with Gasteiger partial charge in [0.2, 0.25) is 0 Å². The fourth-order valence-electron chi connectivity index (χ4n) is 17.9. The number of rotatable bonds is 14. The lowest BCUT2D eigenvalue weighted by molar-refractivity contribution is 0.979. The van der Waals surface area contributed by atoms with Crippen molar-refractivity contribution in [1.82, 2.24) is 58.3 Å². The molecule has 580 valence electrons. The summed E-state index contributed by atoms with van der Waals surface area (Å²) in [5.74, 6) is 3.60. The Morgan fingerprint density at radius 1 is 0.185 bits per heavy atom. The van der Waals surface area contributed by atoms with Gasteiger partial charge in [0.15, 0.2) is 34.9 Å². The fraction of sp³-hybridized carbons (Fsp3) is 0. The van der Waals surface area contributed by atoms with Crippen molar-refractivity contribution >= 4 is 76.2 Å². The molecule has 0 aliphatic heterocycles. The van der Waals surface area contributed by atoms with E-state index in [9.17, 15) is 0 Å². The predicted octanol–water partition coefficient (Wildman–Crippen LogP) is 27.5. The van der Waals surface area contributed by atoms with Gasteiger partial charge in [-0.05, 0) is 107 Å². The lowest BCUT2D eigenvalue weighted by atomic mass is 9.96. The molecule has 0 radical (unpaired) electrons. The Morgan fingerprint density at radius 3 is 0.960 bits per heavy atom. The third kappa shape index (κ3) is 12.8. The van der Waals surface area contributed by atoms with Crippen LogP contribution in [0.4, 0.5) is 0 Å². The highest BCUT2D eigenvalue weighted by Gasteiger charge is 2.27. The Balaban J connectivity index is 0.000000143. The van der Waals surface area contributed by atoms with E-state index in [1.165, 1.54) is 5.39 Å². The summed E-state index contributed by atoms with van der Waals surface area (Å²) in [7, 11) is 0. The third-order valence-electron chi connectivity index (χ3n) is 23.5. The summed E-state index contributed by atoms with van der Waals surface area (Å²) in [5.41, 5.74) is 26.5. The third-order valence-corrected chi connectivity index (χ3v) is 23.5. The number of nitrogens with zero attached hydrogens (tertiary/aromatic N) is 12. The van der Waals surface area contributed by atoms with E-state index in [0.717, 1.165) is 183 Å². The average Bonchev–Trinajstić information content (AvgIpc) is 1.54. The number of pyridine rings is 2. The SMILES string of the molecule is c1ccc(-c2nc(-c3cccc(-c4nn5c(-c6ccccc6)cc6ccccc6c5c4-c4ccccc4)c3)nc(-c3ccc4c(c3)c3ccccc3n4-c3ccccc3)n2)cc1.c1ccc(-c2nc(-c3cccc(-c4nn5c(-c6ccccc6)cc6ccccc6c5c4-c4ccccc4)c3)nc(-c3cccc4c3c3ccccc3n4-c3ccccc3)n2)cc1. The van der Waals surface area contributed by atoms with Gasteiger partial charge < -0.3 is 9.13 Å². The minimum absolute atomic E-state index is 0.583. The molecule has 124 heavy (non-hydrogen) atoms. The van der Waals surface area contributed by atoms with Crippen molar-refractivity contribution in [2.75, 3.05) is 0 Å². The maximum absolute atomic E-state index is 5.50. The van der Waals surface area contributed by atoms with Crippen LogP contribution in [0, 0.1) is 0 Å². The van der Waals surface area contributed by atoms with Gasteiger partial charge >= 0.3 is 0 Å². The van der Waals surface area contributed by atoms with Gasteiger partial charge in [-0.25, -0.2) is 38.9 Å². The zero-order chi connectivity index (χ0) is 82.0. The number of hydrogen-bond donors (Lipinski definition) is 0. The molecule has 0 aliphatic carbocycles. The lowest BCUT2D eigenvalue weighted by Crippen LogP contribution is -2.01. The summed E-state index contributed by atoms with van der Waals surface area (Å²) in [5, 5.41) is 20.1. The molecule has 12 heteroatoms. The molecule has 16 aromatic carbocycles. The number of fused-ring (bicyclic) bond motifs is 12. The standard InChI is InChI=1S/2C56H36N6/c1-5-19-37(20-6-1)49-36-40-25-13-14-30-44(40)53-50(38-21-7-2-8-22-38)52(60-62(49)53)41-26-17-27-42(35-41)55-57-54(39-23-9-3-10-24-39)58-56(59-55)46-32-18-34-48-51(46)45-31-15-16-33-47(45)61(48)43-28-11-4-12-29-43;1-5-18-37(19-6-1)50-36-40-24-13-14-29-45(40)53-51(38-20-7-2-8-21-38)52(60-62(50)53)41-25-17-26-42(34-41)55-57-54(39-22-9-3-10-23-39)58-56(59-55)43-32-33-49-47(35-43)46-30-15-16-31-48(46)61(49)44-27-11-4-12-28-44/h2*1-36H. The monoisotopic (exact) mass is 1580 g/mol. The summed E-state index contributed by atoms with van der Waals surface area (Å²) in [6.07, 6.45) is 0. The number of aromatic nitrogens is 12. The van der Waals surface area contributed by atoms with Crippen LogP contribution >= 0.6 is 0 Å². The topological polar surface area (TPSA) is 122 Å². The first kappa shape index (κ1) is 72.3. The van der Waals surface area contributed by atoms with Crippen molar-refractivity contribution < 1.29 is 0 Å². The van der Waals surface area contributed by atoms with Gasteiger partial charge in [-0.3, -0.25) is 0 Å². The maximum Gasteiger partial charge on any atom is 0.164 e. The minimum Gasteiger partial charge on any atom is -0.309 e. The molecule has 0 saturated heterocycles. The van der Waals surface area contributed by atoms with E-state index in [4.69, 9.17) is 40.1 Å². The smallest absolute Gasteiger partial charge is 0.164 e. The highest BCUT2D eigenvalue weighted by molar-refractivity contribution is 6.16. The largest absolute Gasteiger partial charge is 0.309 e. The summed E-state index contributed by atoms with van der Waals surface area (Å²) >= 11 is 0. The molecule has 0 amide bonds. The molecule has 0 spiro atoms. The van der Waals surface area contributed by atoms with Crippen molar-refractivity contribution in [2.24, 2.45) is 0 Å². The zero-order valence-electron chi connectivity index (χ0n) is 66.9. The zero-order valence-corrected chi connectivity index (χ0v) is 66.9. The second-order valence-electron chi connectivity index (χ2n) is 31.0. The van der Waals surface area contributed by atoms with Gasteiger partial charge in [0, 0.05) is 110 Å². The highest BCUT2D eigenvalue weighted by Crippen LogP contribution is 2.46. The molecule has 0 unspecified atom stereocenters. The van der Waals surface area contributed by atoms with Crippen LogP contribution < -0.4 is 0 Å². The van der Waals surface area contributed by atoms with Crippen molar-refractivity contribution in [3.05, 3.63) is 437 Å². The Bertz CT molecular complexity index is 8200. The van der Waals surface area contributed by atoms with E-state index >= 15 is 0 Å². The van der Waals surface area contributed by atoms with Crippen molar-refractivity contribution in [1.29, 1.82) is 0 Å². The molecule has 24 rings (SSSR count). The van der Waals surface area contributed by atoms with Crippen LogP contribution in [0.3, 0.4) is 0 Å². The Hall–Kier alpha value is -17.0. The van der Waals surface area contributed by atoms with Crippen LogP contribution in [-0.2, 0) is 0 Å². The second kappa shape index (κ2) is 30.8. The molecule has 0 fully saturated rings. The van der Waals surface area contributed by atoms with Gasteiger partial charge in [0.25, 0.3) is 0 Å². The minimum atomic E-state index is 0.583. The Labute approximate surface area is 713 Å². The van der Waals surface area contributed by atoms with E-state index in [1.54, 1.807) is 0 Å². The molecular weight excluding hydrogens is 1510 g/mol. The van der Waals surface area contributed by atoms with Crippen LogP contribution in [0.25, 0.3) is 223 Å². The second-order valence-corrected chi connectivity index (χ2v) is 31.0. The van der Waals surface area contributed by atoms with Gasteiger partial charge in [-0.2, -0.15) is 10.2 Å². The molecule has 24 aromatic rings. The molecule has 8 heterocycles. The van der Waals surface area contributed by atoms with E-state index in [0.29, 0.717) is 34.9 Å². The van der Waals surface area contributed by atoms with Crippen LogP contribution in [0.1, 0.15) is 0 Å². The highest BCUT2D eigenvalue weighted by atomic mass is 15.2. The molecular formula is C112H72N12. The molecule has 0 atom stereocenters. The number of para-hydroxylation sites is 4. The van der Waals surface area contributed by atoms with Gasteiger partial charge in [0.1, 0.15) is 11.4 Å². The van der Waals surface area contributed by atoms with Gasteiger partial charge in [-0.1, -0.05) is 352 Å². The summed E-state index contributed by atoms with van der Waals surface area (Å²) < 4.78 is 8.90. The summed E-state index contributed by atoms with van der Waals surface area (Å²) in [4.78, 5) is 31.3. The fourth-order valence-corrected chi connectivity index (χ4v) is 17.9. The van der Waals surface area contributed by atoms with Crippen LogP contribution in [0.15, 0.2) is 437 Å². The van der Waals surface area contributed by atoms with Crippen LogP contribution in [0.2, 0.25) is 0 Å². The van der Waals surface area contributed by atoms with E-state index in [1.807, 2.05) is 48.5 Å². The molecule has 0 aliphatic rings. The van der Waals surface area contributed by atoms with Crippen molar-refractivity contribution in [3.8, 4) is 147 Å². The quantitative estimate of drug-likeness (QED) is 0.106. The van der Waals surface area contributed by atoms with E-state index in [-0.39, 0.29) is 0 Å². The van der Waals surface area contributed by atoms with Gasteiger partial charge in [-0.15, -0.1) is 0 Å². The molecule has 0 N–H and O–H groups in total. The number of hydrogen-bond acceptors (Lipinski definition) is 8. The normalized spacial score (nSPS) is 11.5. The average molecular weight is 1590 g/mol. The van der Waals surface area contributed by atoms with Crippen molar-refractivity contribution in [3.63, 3.8) is 0 Å². The predicted molar refractivity (Wildman–Crippen MR) is 506 cm³/mol. The molecule has 12 nitrogen and oxygen atoms in total. The first-order valence-corrected chi connectivity index (χ1v) is 41.6. The first-order chi connectivity index (χ1) is 61.5. The maximum atomic E-state index is 5.50. The first-order valence-electron chi connectivity index (χ1n) is 41.6. The van der Waals surface area contributed by atoms with Crippen LogP contribution in [-0.4, -0.2) is 58.3 Å². The Kier molecular flexibility index (Phi) is 17.9. The van der Waals surface area contributed by atoms with E-state index in [2.05, 4.69) is 406 Å². The molecule has 0 bridgehead atoms.